The molecule has 4 rings (SSSR count). The van der Waals surface area contributed by atoms with Gasteiger partial charge in [0, 0.05) is 24.1 Å². The Bertz CT molecular complexity index is 1270. The highest BCUT2D eigenvalue weighted by atomic mass is 16.5. The molecule has 168 valence electrons. The summed E-state index contributed by atoms with van der Waals surface area (Å²) in [5.74, 6) is -0.946. The number of ketones is 1. The summed E-state index contributed by atoms with van der Waals surface area (Å²) in [5, 5.41) is 11.3. The third-order valence-corrected chi connectivity index (χ3v) is 5.97. The summed E-state index contributed by atoms with van der Waals surface area (Å²) < 4.78 is 10.7. The number of methoxy groups -OCH3 is 2. The highest BCUT2D eigenvalue weighted by molar-refractivity contribution is 6.51. The number of hydrogen-bond acceptors (Lipinski definition) is 6. The Morgan fingerprint density at radius 1 is 1.00 bits per heavy atom. The monoisotopic (exact) mass is 444 g/mol. The molecule has 1 aliphatic heterocycles. The van der Waals surface area contributed by atoms with Gasteiger partial charge in [-0.1, -0.05) is 12.1 Å². The van der Waals surface area contributed by atoms with E-state index in [2.05, 4.69) is 4.98 Å². The molecule has 1 saturated heterocycles. The van der Waals surface area contributed by atoms with Gasteiger partial charge in [0.25, 0.3) is 11.7 Å². The van der Waals surface area contributed by atoms with Gasteiger partial charge >= 0.3 is 0 Å². The molecule has 1 aliphatic rings. The van der Waals surface area contributed by atoms with E-state index in [1.807, 2.05) is 26.0 Å². The van der Waals surface area contributed by atoms with Crippen molar-refractivity contribution in [2.45, 2.75) is 19.9 Å². The minimum absolute atomic E-state index is 0.0180. The summed E-state index contributed by atoms with van der Waals surface area (Å²) in [6.45, 7) is 3.85. The van der Waals surface area contributed by atoms with E-state index < -0.39 is 17.7 Å². The fraction of sp³-hybridized carbons (Fsp3) is 0.192. The van der Waals surface area contributed by atoms with Gasteiger partial charge in [-0.15, -0.1) is 0 Å². The predicted molar refractivity (Wildman–Crippen MR) is 124 cm³/mol. The Morgan fingerprint density at radius 2 is 1.73 bits per heavy atom. The molecular weight excluding hydrogens is 420 g/mol. The van der Waals surface area contributed by atoms with Crippen molar-refractivity contribution in [2.24, 2.45) is 0 Å². The minimum Gasteiger partial charge on any atom is -0.507 e. The lowest BCUT2D eigenvalue weighted by molar-refractivity contribution is -0.132. The average Bonchev–Trinajstić information content (AvgIpc) is 3.10. The van der Waals surface area contributed by atoms with E-state index in [9.17, 15) is 14.7 Å². The van der Waals surface area contributed by atoms with E-state index in [1.54, 1.807) is 48.8 Å². The van der Waals surface area contributed by atoms with Gasteiger partial charge in [-0.2, -0.15) is 0 Å². The van der Waals surface area contributed by atoms with Gasteiger partial charge in [0.15, 0.2) is 0 Å². The van der Waals surface area contributed by atoms with Crippen molar-refractivity contribution >= 4 is 23.1 Å². The van der Waals surface area contributed by atoms with Crippen molar-refractivity contribution in [1.29, 1.82) is 0 Å². The second-order valence-electron chi connectivity index (χ2n) is 7.73. The highest BCUT2D eigenvalue weighted by Crippen LogP contribution is 2.44. The standard InChI is InChI=1S/C26H24N2O5/c1-15-6-5-7-20(16(15)2)28-23(17-10-12-27-13-11-17)22(25(30)26(28)31)24(29)19-9-8-18(32-3)14-21(19)33-4/h5-14,23,29H,1-4H3/b24-22+. The van der Waals surface area contributed by atoms with Crippen LogP contribution in [-0.2, 0) is 9.59 Å². The molecule has 3 aromatic rings. The molecule has 1 fully saturated rings. The van der Waals surface area contributed by atoms with Crippen LogP contribution in [0.25, 0.3) is 5.76 Å². The smallest absolute Gasteiger partial charge is 0.300 e. The van der Waals surface area contributed by atoms with Crippen LogP contribution in [0.15, 0.2) is 66.5 Å². The Labute approximate surface area is 191 Å². The summed E-state index contributed by atoms with van der Waals surface area (Å²) in [6, 6.07) is 13.1. The number of aryl methyl sites for hydroxylation is 1. The van der Waals surface area contributed by atoms with Crippen LogP contribution in [-0.4, -0.2) is 36.0 Å². The molecule has 0 radical (unpaired) electrons. The van der Waals surface area contributed by atoms with Crippen LogP contribution in [0.2, 0.25) is 0 Å². The van der Waals surface area contributed by atoms with Crippen LogP contribution in [0.1, 0.15) is 28.3 Å². The quantitative estimate of drug-likeness (QED) is 0.358. The molecule has 2 aromatic carbocycles. The van der Waals surface area contributed by atoms with E-state index in [0.29, 0.717) is 22.7 Å². The number of carbonyl (C=O) groups excluding carboxylic acids is 2. The first-order valence-electron chi connectivity index (χ1n) is 10.4. The zero-order valence-corrected chi connectivity index (χ0v) is 18.8. The lowest BCUT2D eigenvalue weighted by Crippen LogP contribution is -2.30. The third kappa shape index (κ3) is 3.71. The molecule has 0 saturated carbocycles. The number of rotatable bonds is 5. The number of aliphatic hydroxyl groups is 1. The van der Waals surface area contributed by atoms with Crippen molar-refractivity contribution < 1.29 is 24.2 Å². The number of aliphatic hydroxyl groups excluding tert-OH is 1. The molecule has 7 nitrogen and oxygen atoms in total. The maximum atomic E-state index is 13.3. The van der Waals surface area contributed by atoms with E-state index in [4.69, 9.17) is 9.47 Å². The van der Waals surface area contributed by atoms with Gasteiger partial charge in [-0.3, -0.25) is 19.5 Å². The Morgan fingerprint density at radius 3 is 2.39 bits per heavy atom. The molecule has 1 N–H and O–H groups in total. The van der Waals surface area contributed by atoms with Gasteiger partial charge in [-0.25, -0.2) is 0 Å². The van der Waals surface area contributed by atoms with E-state index in [1.165, 1.54) is 19.1 Å². The molecule has 0 aliphatic carbocycles. The fourth-order valence-electron chi connectivity index (χ4n) is 4.08. The van der Waals surface area contributed by atoms with Crippen LogP contribution >= 0.6 is 0 Å². The molecule has 1 unspecified atom stereocenters. The van der Waals surface area contributed by atoms with Crippen molar-refractivity contribution in [2.75, 3.05) is 19.1 Å². The summed E-state index contributed by atoms with van der Waals surface area (Å²) >= 11 is 0. The van der Waals surface area contributed by atoms with Crippen molar-refractivity contribution in [3.63, 3.8) is 0 Å². The number of ether oxygens (including phenoxy) is 2. The van der Waals surface area contributed by atoms with Crippen molar-refractivity contribution in [1.82, 2.24) is 4.98 Å². The molecule has 2 heterocycles. The second-order valence-corrected chi connectivity index (χ2v) is 7.73. The Kier molecular flexibility index (Phi) is 5.87. The molecular formula is C26H24N2O5. The van der Waals surface area contributed by atoms with Gasteiger partial charge in [0.1, 0.15) is 17.3 Å². The molecule has 0 spiro atoms. The number of hydrogen-bond donors (Lipinski definition) is 1. The number of nitrogens with zero attached hydrogens (tertiary/aromatic N) is 2. The normalized spacial score (nSPS) is 17.3. The number of carbonyl (C=O) groups is 2. The van der Waals surface area contributed by atoms with Crippen molar-refractivity contribution in [3.05, 3.63) is 88.8 Å². The number of pyridine rings is 1. The van der Waals surface area contributed by atoms with Crippen LogP contribution in [0.4, 0.5) is 5.69 Å². The third-order valence-electron chi connectivity index (χ3n) is 5.97. The summed E-state index contributed by atoms with van der Waals surface area (Å²) in [5.41, 5.74) is 3.39. The largest absolute Gasteiger partial charge is 0.507 e. The lowest BCUT2D eigenvalue weighted by Gasteiger charge is -2.27. The van der Waals surface area contributed by atoms with Crippen LogP contribution in [0.3, 0.4) is 0 Å². The first-order valence-corrected chi connectivity index (χ1v) is 10.4. The van der Waals surface area contributed by atoms with Crippen LogP contribution in [0, 0.1) is 13.8 Å². The number of aromatic nitrogens is 1. The molecule has 1 atom stereocenters. The summed E-state index contributed by atoms with van der Waals surface area (Å²) in [4.78, 5) is 32.1. The number of Topliss-reactive ketones (excluding diaryl/α,β-unsaturated/α-hetero) is 1. The summed E-state index contributed by atoms with van der Waals surface area (Å²) in [6.07, 6.45) is 3.18. The molecule has 0 bridgehead atoms. The first-order chi connectivity index (χ1) is 15.9. The molecule has 33 heavy (non-hydrogen) atoms. The minimum atomic E-state index is -0.833. The van der Waals surface area contributed by atoms with Gasteiger partial charge in [-0.05, 0) is 60.9 Å². The highest BCUT2D eigenvalue weighted by Gasteiger charge is 2.47. The number of benzene rings is 2. The van der Waals surface area contributed by atoms with E-state index in [-0.39, 0.29) is 16.9 Å². The second kappa shape index (κ2) is 8.78. The van der Waals surface area contributed by atoms with Crippen LogP contribution < -0.4 is 14.4 Å². The van der Waals surface area contributed by atoms with Gasteiger partial charge < -0.3 is 14.6 Å². The Balaban J connectivity index is 1.99. The SMILES string of the molecule is COc1ccc(/C(O)=C2\C(=O)C(=O)N(c3cccc(C)c3C)C2c2ccncc2)c(OC)c1. The molecule has 7 heteroatoms. The molecule has 1 amide bonds. The number of amides is 1. The van der Waals surface area contributed by atoms with E-state index in [0.717, 1.165) is 11.1 Å². The van der Waals surface area contributed by atoms with Crippen LogP contribution in [0.5, 0.6) is 11.5 Å². The van der Waals surface area contributed by atoms with E-state index >= 15 is 0 Å². The van der Waals surface area contributed by atoms with Crippen molar-refractivity contribution in [3.8, 4) is 11.5 Å². The van der Waals surface area contributed by atoms with Gasteiger partial charge in [0.05, 0.1) is 31.4 Å². The lowest BCUT2D eigenvalue weighted by atomic mass is 9.95. The molecule has 1 aromatic heterocycles. The fourth-order valence-corrected chi connectivity index (χ4v) is 4.08. The number of anilines is 1. The maximum Gasteiger partial charge on any atom is 0.300 e. The predicted octanol–water partition coefficient (Wildman–Crippen LogP) is 4.34. The Hall–Kier alpha value is -4.13. The zero-order valence-electron chi connectivity index (χ0n) is 18.8. The maximum absolute atomic E-state index is 13.3. The topological polar surface area (TPSA) is 89.0 Å². The first kappa shape index (κ1) is 22.1. The zero-order chi connectivity index (χ0) is 23.7. The average molecular weight is 444 g/mol. The van der Waals surface area contributed by atoms with Gasteiger partial charge in [0.2, 0.25) is 0 Å². The summed E-state index contributed by atoms with van der Waals surface area (Å²) in [7, 11) is 2.98.